The van der Waals surface area contributed by atoms with Crippen molar-refractivity contribution in [3.63, 3.8) is 0 Å². The minimum Gasteiger partial charge on any atom is -0.872 e. The molecule has 0 saturated heterocycles. The first-order valence-corrected chi connectivity index (χ1v) is 26.8. The molecule has 6 N–H and O–H groups in total. The van der Waals surface area contributed by atoms with Crippen LogP contribution in [0.25, 0.3) is 0 Å². The predicted octanol–water partition coefficient (Wildman–Crippen LogP) is -4.07. The molecule has 2 aromatic carbocycles. The number of aryl methyl sites for hydroxylation is 2. The first kappa shape index (κ1) is 77.0. The van der Waals surface area contributed by atoms with Crippen molar-refractivity contribution in [2.24, 2.45) is 0 Å². The molecule has 0 spiro atoms. The minimum atomic E-state index is -4.94. The van der Waals surface area contributed by atoms with Crippen molar-refractivity contribution in [1.82, 2.24) is 49.5 Å². The molecule has 83 heavy (non-hydrogen) atoms. The molecule has 27 heteroatoms. The summed E-state index contributed by atoms with van der Waals surface area (Å²) in [5, 5.41) is 25.0. The minimum absolute atomic E-state index is 0. The van der Waals surface area contributed by atoms with Gasteiger partial charge in [0.2, 0.25) is 0 Å². The van der Waals surface area contributed by atoms with Crippen molar-refractivity contribution >= 4 is 0 Å². The third kappa shape index (κ3) is 34.4. The van der Waals surface area contributed by atoms with Crippen LogP contribution < -0.4 is 47.5 Å². The van der Waals surface area contributed by atoms with Gasteiger partial charge in [-0.3, -0.25) is 49.5 Å². The average molecular weight is 1270 g/mol. The summed E-state index contributed by atoms with van der Waals surface area (Å²) in [6.45, 7) is 12.6. The van der Waals surface area contributed by atoms with Gasteiger partial charge in [0, 0.05) is 116 Å². The van der Waals surface area contributed by atoms with E-state index in [0.29, 0.717) is 26.2 Å². The van der Waals surface area contributed by atoms with Gasteiger partial charge in [-0.2, -0.15) is 0 Å². The van der Waals surface area contributed by atoms with E-state index in [0.717, 1.165) is 109 Å². The van der Waals surface area contributed by atoms with E-state index < -0.39 is 20.5 Å². The van der Waals surface area contributed by atoms with E-state index in [9.17, 15) is 10.2 Å². The topological polar surface area (TPSA) is 415 Å². The maximum Gasteiger partial charge on any atom is 2.00 e. The van der Waals surface area contributed by atoms with E-state index >= 15 is 0 Å². The van der Waals surface area contributed by atoms with E-state index in [2.05, 4.69) is 49.5 Å². The molecule has 0 aliphatic rings. The number of aromatic nitrogens is 6. The summed E-state index contributed by atoms with van der Waals surface area (Å²) in [6.07, 6.45) is 10.9. The molecule has 8 rings (SSSR count). The molecule has 0 aliphatic carbocycles. The van der Waals surface area contributed by atoms with Crippen molar-refractivity contribution in [2.75, 3.05) is 26.2 Å². The van der Waals surface area contributed by atoms with Gasteiger partial charge in [0.15, 0.2) is 0 Å². The fourth-order valence-corrected chi connectivity index (χ4v) is 7.89. The summed E-state index contributed by atoms with van der Waals surface area (Å²) in [4.78, 5) is 36.4. The largest absolute Gasteiger partial charge is 2.00 e. The van der Waals surface area contributed by atoms with Gasteiger partial charge in [0.25, 0.3) is 0 Å². The number of hydrogen-bond donors (Lipinski definition) is 0. The number of hydrogen-bond acceptors (Lipinski definition) is 20. The molecule has 8 aromatic rings. The summed E-state index contributed by atoms with van der Waals surface area (Å²) < 4.78 is 67.9. The van der Waals surface area contributed by atoms with Crippen molar-refractivity contribution in [2.45, 2.75) is 66.2 Å². The van der Waals surface area contributed by atoms with Crippen LogP contribution in [0.4, 0.5) is 0 Å². The molecule has 0 unspecified atom stereocenters. The van der Waals surface area contributed by atoms with Crippen molar-refractivity contribution < 1.29 is 119 Å². The quantitative estimate of drug-likeness (QED) is 0.0582. The first-order chi connectivity index (χ1) is 37.3. The molecule has 0 bridgehead atoms. The second-order valence-electron chi connectivity index (χ2n) is 17.7. The van der Waals surface area contributed by atoms with Gasteiger partial charge in [0.1, 0.15) is 0 Å². The Morgan fingerprint density at radius 1 is 0.313 bits per heavy atom. The summed E-state index contributed by atoms with van der Waals surface area (Å²) in [5.41, 5.74) is 9.90. The van der Waals surface area contributed by atoms with Crippen LogP contribution >= 0.6 is 0 Å². The third-order valence-electron chi connectivity index (χ3n) is 11.4. The van der Waals surface area contributed by atoms with Crippen LogP contribution in [0.15, 0.2) is 183 Å². The average Bonchev–Trinajstić information content (AvgIpc) is 3.44. The third-order valence-corrected chi connectivity index (χ3v) is 11.4. The summed E-state index contributed by atoms with van der Waals surface area (Å²) in [5.74, 6) is 0.158. The second-order valence-corrected chi connectivity index (χ2v) is 19.3. The Balaban J connectivity index is 0.00000132. The molecular weight excluding hydrogens is 1200 g/mol. The van der Waals surface area contributed by atoms with E-state index in [-0.39, 0.29) is 62.1 Å². The van der Waals surface area contributed by atoms with Gasteiger partial charge in [-0.25, -0.2) is 37.3 Å². The Morgan fingerprint density at radius 2 is 0.506 bits per heavy atom. The molecule has 6 heterocycles. The SMILES string of the molecule is Cc1ccc([O-])c(CN(CCN(Cc2ccccn2)Cc2ccccn2)Cc2ccccn2)c1.Cc1ccc([O-])c(CN(CCN(Cc2ccccn2)Cc2ccccn2)Cc2ccccn2)c1.O.O.O.[Mn+2].[Mn+2].[O-][Cl+3]([O-])([O-])[O-].[O-][Cl+3]([O-])([O-])[O-]. The van der Waals surface area contributed by atoms with E-state index in [1.807, 2.05) is 184 Å². The standard InChI is InChI=1S/2C28H31N5O.2ClHO4.2Mn.3H2O/c2*1-23-11-12-28(34)24(18-23)19-32(20-25-8-2-5-13-29-25)16-17-33(21-26-9-3-6-14-30-26)22-27-10-4-7-15-31-27;2*2-1(3,4)5;;;;;/h2*2-15,18,34H,16-17,19-22H2,1H3;2*(H,2,3,4,5);;;3*1H2/q;;;;2*+2;;;/p-4. The molecule has 0 saturated carbocycles. The van der Waals surface area contributed by atoms with E-state index in [1.165, 1.54) is 0 Å². The number of nitrogens with zero attached hydrogens (tertiary/aromatic N) is 10. The van der Waals surface area contributed by atoms with Gasteiger partial charge in [-0.05, 0) is 97.8 Å². The summed E-state index contributed by atoms with van der Waals surface area (Å²) in [6, 6.07) is 47.0. The molecule has 0 aliphatic heterocycles. The van der Waals surface area contributed by atoms with Gasteiger partial charge in [-0.1, -0.05) is 83.9 Å². The van der Waals surface area contributed by atoms with Gasteiger partial charge >= 0.3 is 34.1 Å². The summed E-state index contributed by atoms with van der Waals surface area (Å²) in [7, 11) is -9.89. The Labute approximate surface area is 508 Å². The van der Waals surface area contributed by atoms with E-state index in [4.69, 9.17) is 37.3 Å². The zero-order valence-corrected chi connectivity index (χ0v) is 49.2. The van der Waals surface area contributed by atoms with Crippen LogP contribution in [0.3, 0.4) is 0 Å². The number of halogens is 2. The molecule has 2 radical (unpaired) electrons. The molecule has 6 aromatic heterocycles. The zero-order chi connectivity index (χ0) is 56.2. The Morgan fingerprint density at radius 3 is 0.687 bits per heavy atom. The van der Waals surface area contributed by atoms with E-state index in [1.54, 1.807) is 12.1 Å². The van der Waals surface area contributed by atoms with Crippen LogP contribution in [-0.4, -0.2) is 92.1 Å². The van der Waals surface area contributed by atoms with Crippen molar-refractivity contribution in [3.8, 4) is 11.5 Å². The zero-order valence-electron chi connectivity index (χ0n) is 45.4. The Hall–Kier alpha value is -6.04. The monoisotopic (exact) mass is 1270 g/mol. The van der Waals surface area contributed by atoms with Gasteiger partial charge < -0.3 is 26.6 Å². The van der Waals surface area contributed by atoms with Crippen LogP contribution in [-0.2, 0) is 86.5 Å². The fraction of sp³-hybridized carbons (Fsp3) is 0.250. The van der Waals surface area contributed by atoms with Gasteiger partial charge in [0.05, 0.1) is 34.2 Å². The Bertz CT molecular complexity index is 2620. The number of benzene rings is 2. The molecule has 0 atom stereocenters. The molecule has 23 nitrogen and oxygen atoms in total. The molecule has 446 valence electrons. The van der Waals surface area contributed by atoms with Crippen LogP contribution in [0, 0.1) is 34.3 Å². The number of pyridine rings is 6. The van der Waals surface area contributed by atoms with Crippen LogP contribution in [0.5, 0.6) is 11.5 Å². The van der Waals surface area contributed by atoms with Crippen LogP contribution in [0.2, 0.25) is 0 Å². The Kier molecular flexibility index (Phi) is 38.1. The van der Waals surface area contributed by atoms with Crippen LogP contribution in [0.1, 0.15) is 56.4 Å². The molecule has 0 amide bonds. The fourth-order valence-electron chi connectivity index (χ4n) is 7.89. The normalized spacial score (nSPS) is 10.7. The second kappa shape index (κ2) is 41.1. The molecule has 0 fully saturated rings. The molecular formula is C56H66Cl2Mn2N10O13. The predicted molar refractivity (Wildman–Crippen MR) is 274 cm³/mol. The van der Waals surface area contributed by atoms with Crippen molar-refractivity contribution in [3.05, 3.63) is 239 Å². The first-order valence-electron chi connectivity index (χ1n) is 24.4. The maximum atomic E-state index is 12.5. The number of rotatable bonds is 22. The maximum absolute atomic E-state index is 12.5. The van der Waals surface area contributed by atoms with Crippen molar-refractivity contribution in [1.29, 1.82) is 0 Å². The smallest absolute Gasteiger partial charge is 0.872 e. The van der Waals surface area contributed by atoms with Gasteiger partial charge in [-0.15, -0.1) is 32.0 Å². The summed E-state index contributed by atoms with van der Waals surface area (Å²) >= 11 is 0.